The van der Waals surface area contributed by atoms with Gasteiger partial charge in [-0.3, -0.25) is 4.57 Å². The predicted octanol–water partition coefficient (Wildman–Crippen LogP) is 5.27. The fourth-order valence-corrected chi connectivity index (χ4v) is 4.44. The van der Waals surface area contributed by atoms with Crippen LogP contribution in [0.2, 0.25) is 0 Å². The first-order chi connectivity index (χ1) is 13.8. The number of halogens is 3. The van der Waals surface area contributed by atoms with Crippen molar-refractivity contribution in [1.29, 1.82) is 0 Å². The molecule has 3 rings (SSSR count). The van der Waals surface area contributed by atoms with Gasteiger partial charge in [-0.05, 0) is 30.2 Å². The van der Waals surface area contributed by atoms with E-state index in [1.54, 1.807) is 19.1 Å². The molecule has 0 aliphatic carbocycles. The van der Waals surface area contributed by atoms with Gasteiger partial charge in [-0.1, -0.05) is 42.5 Å². The molecule has 1 atom stereocenters. The number of nitrogens with zero attached hydrogens (tertiary/aromatic N) is 2. The van der Waals surface area contributed by atoms with Crippen LogP contribution >= 0.6 is 7.52 Å². The van der Waals surface area contributed by atoms with Gasteiger partial charge in [0.25, 0.3) is 7.52 Å². The summed E-state index contributed by atoms with van der Waals surface area (Å²) in [7, 11) is -3.16. The first kappa shape index (κ1) is 21.2. The van der Waals surface area contributed by atoms with E-state index in [1.165, 1.54) is 12.1 Å². The lowest BCUT2D eigenvalue weighted by Crippen LogP contribution is -2.14. The van der Waals surface area contributed by atoms with Crippen molar-refractivity contribution in [2.45, 2.75) is 25.8 Å². The second-order valence-electron chi connectivity index (χ2n) is 6.18. The van der Waals surface area contributed by atoms with E-state index in [2.05, 4.69) is 19.7 Å². The Labute approximate surface area is 165 Å². The monoisotopic (exact) mass is 425 g/mol. The molecule has 0 fully saturated rings. The Bertz CT molecular complexity index is 976. The van der Waals surface area contributed by atoms with E-state index in [9.17, 15) is 17.7 Å². The van der Waals surface area contributed by atoms with E-state index in [4.69, 9.17) is 4.52 Å². The lowest BCUT2D eigenvalue weighted by Gasteiger charge is -2.19. The summed E-state index contributed by atoms with van der Waals surface area (Å²) in [5.41, 5.74) is 2.00. The summed E-state index contributed by atoms with van der Waals surface area (Å²) in [6, 6.07) is 15.9. The number of nitrogens with one attached hydrogen (secondary N) is 1. The minimum Gasteiger partial charge on any atom is -0.413 e. The highest BCUT2D eigenvalue weighted by Crippen LogP contribution is 2.46. The highest BCUT2D eigenvalue weighted by molar-refractivity contribution is 7.56. The Balaban J connectivity index is 1.70. The van der Waals surface area contributed by atoms with E-state index < -0.39 is 19.6 Å². The van der Waals surface area contributed by atoms with E-state index in [-0.39, 0.29) is 18.7 Å². The zero-order valence-corrected chi connectivity index (χ0v) is 16.4. The molecule has 1 aromatic heterocycles. The van der Waals surface area contributed by atoms with E-state index in [0.29, 0.717) is 17.7 Å². The molecule has 3 aromatic rings. The number of aromatic nitrogens is 2. The van der Waals surface area contributed by atoms with Crippen LogP contribution in [-0.2, 0) is 28.0 Å². The van der Waals surface area contributed by atoms with Crippen molar-refractivity contribution in [3.63, 3.8) is 0 Å². The molecular weight excluding hydrogens is 406 g/mol. The van der Waals surface area contributed by atoms with Crippen LogP contribution in [-0.4, -0.2) is 16.8 Å². The maximum absolute atomic E-state index is 13.1. The average Bonchev–Trinajstić information content (AvgIpc) is 3.19. The maximum Gasteiger partial charge on any atom is 0.470 e. The summed E-state index contributed by atoms with van der Waals surface area (Å²) in [6.45, 7) is 2.42. The molecule has 154 valence electrons. The molecule has 0 aliphatic heterocycles. The molecule has 6 nitrogen and oxygen atoms in total. The Morgan fingerprint density at radius 1 is 1.03 bits per heavy atom. The molecule has 1 heterocycles. The van der Waals surface area contributed by atoms with Crippen LogP contribution < -0.4 is 5.09 Å². The summed E-state index contributed by atoms with van der Waals surface area (Å²) in [6.07, 6.45) is -4.56. The normalized spacial score (nSPS) is 13.9. The molecule has 0 spiro atoms. The molecule has 2 aromatic carbocycles. The summed E-state index contributed by atoms with van der Waals surface area (Å²) < 4.78 is 61.0. The minimum atomic E-state index is -4.69. The number of benzene rings is 2. The third kappa shape index (κ3) is 5.76. The summed E-state index contributed by atoms with van der Waals surface area (Å²) >= 11 is 0. The van der Waals surface area contributed by atoms with Crippen molar-refractivity contribution in [1.82, 2.24) is 15.3 Å². The van der Waals surface area contributed by atoms with Crippen LogP contribution in [0.15, 0.2) is 59.0 Å². The molecule has 10 heteroatoms. The molecule has 0 radical (unpaired) electrons. The molecular formula is C19H19F3N3O3P. The van der Waals surface area contributed by atoms with Crippen molar-refractivity contribution in [2.75, 3.05) is 6.61 Å². The SMILES string of the molecule is CCOP(=O)(Cc1ccc(-c2nnc(C(F)(F)F)o2)cc1)NCc1ccccc1. The van der Waals surface area contributed by atoms with Crippen LogP contribution in [0.25, 0.3) is 11.5 Å². The standard InChI is InChI=1S/C19H19F3N3O3P/c1-2-27-29(26,23-12-14-6-4-3-5-7-14)13-15-8-10-16(11-9-15)17-24-25-18(28-17)19(20,21)22/h3-11H,2,12-13H2,1H3,(H,23,26). The number of rotatable bonds is 8. The molecule has 0 bridgehead atoms. The van der Waals surface area contributed by atoms with Crippen LogP contribution in [0.1, 0.15) is 23.9 Å². The van der Waals surface area contributed by atoms with Gasteiger partial charge in [-0.15, -0.1) is 10.2 Å². The van der Waals surface area contributed by atoms with Gasteiger partial charge in [0.2, 0.25) is 5.89 Å². The smallest absolute Gasteiger partial charge is 0.413 e. The molecule has 1 N–H and O–H groups in total. The van der Waals surface area contributed by atoms with Gasteiger partial charge in [0.1, 0.15) is 0 Å². The van der Waals surface area contributed by atoms with Crippen molar-refractivity contribution >= 4 is 7.52 Å². The summed E-state index contributed by atoms with van der Waals surface area (Å²) in [4.78, 5) is 0. The van der Waals surface area contributed by atoms with Gasteiger partial charge < -0.3 is 8.94 Å². The molecule has 29 heavy (non-hydrogen) atoms. The first-order valence-corrected chi connectivity index (χ1v) is 10.6. The Morgan fingerprint density at radius 3 is 2.31 bits per heavy atom. The van der Waals surface area contributed by atoms with Crippen molar-refractivity contribution in [3.05, 3.63) is 71.6 Å². The van der Waals surface area contributed by atoms with Gasteiger partial charge in [-0.2, -0.15) is 13.2 Å². The zero-order valence-electron chi connectivity index (χ0n) is 15.5. The summed E-state index contributed by atoms with van der Waals surface area (Å²) in [5.74, 6) is -1.64. The number of alkyl halides is 3. The summed E-state index contributed by atoms with van der Waals surface area (Å²) in [5, 5.41) is 9.42. The third-order valence-electron chi connectivity index (χ3n) is 3.96. The third-order valence-corrected chi connectivity index (χ3v) is 6.06. The van der Waals surface area contributed by atoms with E-state index in [0.717, 1.165) is 5.56 Å². The van der Waals surface area contributed by atoms with Gasteiger partial charge in [0.05, 0.1) is 12.8 Å². The van der Waals surface area contributed by atoms with Crippen molar-refractivity contribution in [3.8, 4) is 11.5 Å². The number of hydrogen-bond acceptors (Lipinski definition) is 5. The Hall–Kier alpha value is -2.48. The second-order valence-corrected chi connectivity index (χ2v) is 8.41. The van der Waals surface area contributed by atoms with Gasteiger partial charge in [0, 0.05) is 12.1 Å². The van der Waals surface area contributed by atoms with Crippen molar-refractivity contribution in [2.24, 2.45) is 0 Å². The molecule has 0 saturated carbocycles. The Kier molecular flexibility index (Phi) is 6.52. The quantitative estimate of drug-likeness (QED) is 0.495. The molecule has 1 unspecified atom stereocenters. The zero-order chi connectivity index (χ0) is 20.9. The fraction of sp³-hybridized carbons (Fsp3) is 0.263. The van der Waals surface area contributed by atoms with Crippen molar-refractivity contribution < 1.29 is 26.7 Å². The number of hydrogen-bond donors (Lipinski definition) is 1. The molecule has 0 aliphatic rings. The van der Waals surface area contributed by atoms with Crippen LogP contribution in [0, 0.1) is 0 Å². The topological polar surface area (TPSA) is 77.2 Å². The van der Waals surface area contributed by atoms with Gasteiger partial charge >= 0.3 is 12.1 Å². The lowest BCUT2D eigenvalue weighted by molar-refractivity contribution is -0.156. The van der Waals surface area contributed by atoms with Gasteiger partial charge in [0.15, 0.2) is 0 Å². The minimum absolute atomic E-state index is 0.131. The molecule has 0 saturated heterocycles. The fourth-order valence-electron chi connectivity index (χ4n) is 2.61. The van der Waals surface area contributed by atoms with Crippen LogP contribution in [0.4, 0.5) is 13.2 Å². The average molecular weight is 425 g/mol. The maximum atomic E-state index is 13.1. The predicted molar refractivity (Wildman–Crippen MR) is 101 cm³/mol. The lowest BCUT2D eigenvalue weighted by atomic mass is 10.1. The van der Waals surface area contributed by atoms with E-state index in [1.807, 2.05) is 30.3 Å². The molecule has 0 amide bonds. The van der Waals surface area contributed by atoms with Gasteiger partial charge in [-0.25, -0.2) is 5.09 Å². The highest BCUT2D eigenvalue weighted by Gasteiger charge is 2.38. The van der Waals surface area contributed by atoms with E-state index >= 15 is 0 Å². The largest absolute Gasteiger partial charge is 0.470 e. The Morgan fingerprint density at radius 2 is 1.72 bits per heavy atom. The van der Waals surface area contributed by atoms with Crippen LogP contribution in [0.3, 0.4) is 0 Å². The second kappa shape index (κ2) is 8.90. The first-order valence-electron chi connectivity index (χ1n) is 8.82. The van der Waals surface area contributed by atoms with Crippen LogP contribution in [0.5, 0.6) is 0 Å². The highest BCUT2D eigenvalue weighted by atomic mass is 31.2.